The molecule has 0 radical (unpaired) electrons. The summed E-state index contributed by atoms with van der Waals surface area (Å²) in [6.07, 6.45) is 0.0955. The van der Waals surface area contributed by atoms with Gasteiger partial charge in [-0.3, -0.25) is 28.8 Å². The first-order chi connectivity index (χ1) is 21.3. The lowest BCUT2D eigenvalue weighted by Gasteiger charge is -2.30. The van der Waals surface area contributed by atoms with Crippen molar-refractivity contribution in [2.45, 2.75) is 104 Å². The predicted molar refractivity (Wildman–Crippen MR) is 167 cm³/mol. The summed E-state index contributed by atoms with van der Waals surface area (Å²) < 4.78 is 5.62. The number of benzene rings is 1. The van der Waals surface area contributed by atoms with Crippen LogP contribution in [0, 0.1) is 17.8 Å². The maximum Gasteiger partial charge on any atom is 0.308 e. The Labute approximate surface area is 265 Å². The molecule has 3 rings (SSSR count). The van der Waals surface area contributed by atoms with Crippen LogP contribution >= 0.6 is 0 Å². The number of nitrogens with zero attached hydrogens (tertiary/aromatic N) is 1. The van der Waals surface area contributed by atoms with E-state index in [0.29, 0.717) is 19.4 Å². The Morgan fingerprint density at radius 2 is 1.42 bits per heavy atom. The molecule has 0 aromatic heterocycles. The number of carbonyl (C=O) groups is 6. The van der Waals surface area contributed by atoms with Gasteiger partial charge in [0.15, 0.2) is 6.10 Å². The number of hydrogen-bond acceptors (Lipinski definition) is 7. The van der Waals surface area contributed by atoms with Crippen LogP contribution in [0.5, 0.6) is 0 Å². The van der Waals surface area contributed by atoms with Crippen molar-refractivity contribution in [1.82, 2.24) is 26.2 Å². The molecule has 0 spiro atoms. The lowest BCUT2D eigenvalue weighted by atomic mass is 9.98. The topological polar surface area (TPSA) is 163 Å². The van der Waals surface area contributed by atoms with Crippen molar-refractivity contribution in [3.63, 3.8) is 0 Å². The van der Waals surface area contributed by atoms with Crippen LogP contribution in [-0.2, 0) is 39.9 Å². The van der Waals surface area contributed by atoms with Gasteiger partial charge in [0.05, 0.1) is 6.42 Å². The predicted octanol–water partition coefficient (Wildman–Crippen LogP) is 1.46. The molecule has 2 aliphatic heterocycles. The summed E-state index contributed by atoms with van der Waals surface area (Å²) in [5, 5.41) is 11.1. The first-order valence-electron chi connectivity index (χ1n) is 16.0. The van der Waals surface area contributed by atoms with Crippen molar-refractivity contribution in [3.05, 3.63) is 35.9 Å². The molecule has 4 N–H and O–H groups in total. The van der Waals surface area contributed by atoms with E-state index in [-0.39, 0.29) is 43.6 Å². The van der Waals surface area contributed by atoms with Gasteiger partial charge in [-0.05, 0) is 42.6 Å². The smallest absolute Gasteiger partial charge is 0.308 e. The zero-order valence-corrected chi connectivity index (χ0v) is 27.3. The standard InChI is InChI=1S/C33H49N5O7/c1-19(2)17-25-33(44)38-16-10-13-24(38)30(41)35-23(18-22-11-8-7-9-12-22)29(40)36-28(21(5)6)32(43)37-27(20(3)4)31(42)34-15-14-26(39)45-25/h7-9,11-12,19-21,23-25,27-28H,10,13-18H2,1-6H3,(H,34,42)(H,35,41)(H,36,40)(H,37,43)/t23-,24-,25-,27-,28-/m0/s1. The molecule has 12 nitrogen and oxygen atoms in total. The first kappa shape index (κ1) is 35.5. The van der Waals surface area contributed by atoms with Gasteiger partial charge >= 0.3 is 5.97 Å². The van der Waals surface area contributed by atoms with Crippen molar-refractivity contribution in [1.29, 1.82) is 0 Å². The second-order valence-corrected chi connectivity index (χ2v) is 13.1. The van der Waals surface area contributed by atoms with Gasteiger partial charge in [-0.25, -0.2) is 0 Å². The number of ether oxygens (including phenoxy) is 1. The average molecular weight is 628 g/mol. The number of nitrogens with one attached hydrogen (secondary N) is 4. The van der Waals surface area contributed by atoms with Gasteiger partial charge in [0, 0.05) is 19.5 Å². The first-order valence-corrected chi connectivity index (χ1v) is 16.0. The number of amides is 5. The van der Waals surface area contributed by atoms with Crippen LogP contribution in [-0.4, -0.2) is 83.8 Å². The molecule has 2 fully saturated rings. The van der Waals surface area contributed by atoms with Crippen molar-refractivity contribution in [2.75, 3.05) is 13.1 Å². The summed E-state index contributed by atoms with van der Waals surface area (Å²) in [4.78, 5) is 82.1. The molecule has 1 aromatic carbocycles. The molecule has 45 heavy (non-hydrogen) atoms. The Hall–Kier alpha value is -3.96. The van der Waals surface area contributed by atoms with Gasteiger partial charge in [0.1, 0.15) is 24.2 Å². The molecule has 0 unspecified atom stereocenters. The molecule has 5 atom stereocenters. The maximum absolute atomic E-state index is 13.8. The second kappa shape index (κ2) is 16.4. The third kappa shape index (κ3) is 10.0. The van der Waals surface area contributed by atoms with Crippen LogP contribution in [0.1, 0.15) is 72.8 Å². The van der Waals surface area contributed by atoms with E-state index in [1.165, 1.54) is 4.90 Å². The minimum atomic E-state index is -1.10. The lowest BCUT2D eigenvalue weighted by Crippen LogP contribution is -2.60. The van der Waals surface area contributed by atoms with E-state index in [2.05, 4.69) is 21.3 Å². The minimum absolute atomic E-state index is 0.0196. The molecule has 0 bridgehead atoms. The molecule has 0 saturated carbocycles. The van der Waals surface area contributed by atoms with Crippen molar-refractivity contribution >= 4 is 35.5 Å². The minimum Gasteiger partial charge on any atom is -0.452 e. The zero-order chi connectivity index (χ0) is 33.3. The maximum atomic E-state index is 13.8. The number of hydrogen-bond donors (Lipinski definition) is 4. The lowest BCUT2D eigenvalue weighted by molar-refractivity contribution is -0.162. The van der Waals surface area contributed by atoms with Gasteiger partial charge in [0.2, 0.25) is 23.6 Å². The Kier molecular flexibility index (Phi) is 12.9. The van der Waals surface area contributed by atoms with Gasteiger partial charge in [-0.2, -0.15) is 0 Å². The molecule has 5 amide bonds. The summed E-state index contributed by atoms with van der Waals surface area (Å²) in [6, 6.07) is 5.33. The highest BCUT2D eigenvalue weighted by atomic mass is 16.5. The average Bonchev–Trinajstić information content (AvgIpc) is 3.47. The van der Waals surface area contributed by atoms with E-state index in [0.717, 1.165) is 5.56 Å². The second-order valence-electron chi connectivity index (χ2n) is 13.1. The number of cyclic esters (lactones) is 1. The fraction of sp³-hybridized carbons (Fsp3) is 0.636. The van der Waals surface area contributed by atoms with Gasteiger partial charge in [0.25, 0.3) is 5.91 Å². The summed E-state index contributed by atoms with van der Waals surface area (Å²) in [7, 11) is 0. The van der Waals surface area contributed by atoms with Crippen LogP contribution in [0.3, 0.4) is 0 Å². The van der Waals surface area contributed by atoms with E-state index in [1.54, 1.807) is 27.7 Å². The van der Waals surface area contributed by atoms with Crippen LogP contribution in [0.4, 0.5) is 0 Å². The van der Waals surface area contributed by atoms with E-state index in [1.807, 2.05) is 44.2 Å². The molecular weight excluding hydrogens is 578 g/mol. The number of rotatable bonds is 6. The summed E-state index contributed by atoms with van der Waals surface area (Å²) in [5.41, 5.74) is 0.793. The molecule has 2 heterocycles. The van der Waals surface area contributed by atoms with Crippen LogP contribution in [0.2, 0.25) is 0 Å². The van der Waals surface area contributed by atoms with E-state index >= 15 is 0 Å². The largest absolute Gasteiger partial charge is 0.452 e. The molecule has 2 aliphatic rings. The Morgan fingerprint density at radius 3 is 2.04 bits per heavy atom. The summed E-state index contributed by atoms with van der Waals surface area (Å²) >= 11 is 0. The van der Waals surface area contributed by atoms with E-state index in [4.69, 9.17) is 4.74 Å². The summed E-state index contributed by atoms with van der Waals surface area (Å²) in [5.74, 6) is -3.83. The molecule has 248 valence electrons. The Bertz CT molecular complexity index is 1220. The normalized spacial score (nSPS) is 26.3. The van der Waals surface area contributed by atoms with Crippen LogP contribution < -0.4 is 21.3 Å². The van der Waals surface area contributed by atoms with Crippen molar-refractivity contribution in [3.8, 4) is 0 Å². The highest BCUT2D eigenvalue weighted by Crippen LogP contribution is 2.22. The number of carbonyl (C=O) groups excluding carboxylic acids is 6. The summed E-state index contributed by atoms with van der Waals surface area (Å²) in [6.45, 7) is 11.2. The monoisotopic (exact) mass is 627 g/mol. The van der Waals surface area contributed by atoms with Crippen molar-refractivity contribution in [2.24, 2.45) is 17.8 Å². The Morgan fingerprint density at radius 1 is 0.800 bits per heavy atom. The van der Waals surface area contributed by atoms with Gasteiger partial charge in [-0.1, -0.05) is 71.9 Å². The molecule has 0 aliphatic carbocycles. The fourth-order valence-electron chi connectivity index (χ4n) is 5.62. The van der Waals surface area contributed by atoms with E-state index < -0.39 is 65.8 Å². The molecular formula is C33H49N5O7. The zero-order valence-electron chi connectivity index (χ0n) is 27.3. The highest BCUT2D eigenvalue weighted by Gasteiger charge is 2.40. The molecule has 1 aromatic rings. The number of esters is 1. The number of fused-ring (bicyclic) bond motifs is 1. The van der Waals surface area contributed by atoms with Gasteiger partial charge in [-0.15, -0.1) is 0 Å². The molecule has 2 saturated heterocycles. The van der Waals surface area contributed by atoms with E-state index in [9.17, 15) is 28.8 Å². The SMILES string of the molecule is CC(C)C[C@@H]1OC(=O)CCNC(=O)[C@H](C(C)C)NC(=O)[C@H](C(C)C)NC(=O)[C@H](Cc2ccccc2)NC(=O)[C@@H]2CCCN2C1=O. The Balaban J connectivity index is 1.99. The third-order valence-corrected chi connectivity index (χ3v) is 8.11. The molecule has 12 heteroatoms. The third-order valence-electron chi connectivity index (χ3n) is 8.11. The quantitative estimate of drug-likeness (QED) is 0.347. The van der Waals surface area contributed by atoms with Gasteiger partial charge < -0.3 is 30.9 Å². The van der Waals surface area contributed by atoms with Crippen LogP contribution in [0.15, 0.2) is 30.3 Å². The van der Waals surface area contributed by atoms with Crippen LogP contribution in [0.25, 0.3) is 0 Å². The van der Waals surface area contributed by atoms with Crippen molar-refractivity contribution < 1.29 is 33.5 Å². The highest BCUT2D eigenvalue weighted by molar-refractivity contribution is 5.96. The fourth-order valence-corrected chi connectivity index (χ4v) is 5.62.